The second-order valence-electron chi connectivity index (χ2n) is 4.85. The molecule has 19 heavy (non-hydrogen) atoms. The van der Waals surface area contributed by atoms with Gasteiger partial charge in [0.2, 0.25) is 0 Å². The number of nitrogens with zero attached hydrogens (tertiary/aromatic N) is 1. The lowest BCUT2D eigenvalue weighted by atomic mass is 9.91. The summed E-state index contributed by atoms with van der Waals surface area (Å²) in [5, 5.41) is 2.66. The number of hydrogen-bond donors (Lipinski definition) is 0. The molecule has 0 saturated carbocycles. The molecule has 3 aromatic rings. The zero-order chi connectivity index (χ0) is 12.7. The molecule has 0 amide bonds. The van der Waals surface area contributed by atoms with Crippen LogP contribution in [-0.4, -0.2) is 5.71 Å². The van der Waals surface area contributed by atoms with Gasteiger partial charge in [-0.1, -0.05) is 66.7 Å². The van der Waals surface area contributed by atoms with Crippen LogP contribution >= 0.6 is 0 Å². The van der Waals surface area contributed by atoms with E-state index in [1.54, 1.807) is 0 Å². The van der Waals surface area contributed by atoms with E-state index < -0.39 is 0 Å². The summed E-state index contributed by atoms with van der Waals surface area (Å²) in [6.45, 7) is 0.776. The maximum atomic E-state index is 4.78. The summed E-state index contributed by atoms with van der Waals surface area (Å²) in [7, 11) is 0. The normalized spacial score (nSPS) is 13.4. The Bertz CT molecular complexity index is 780. The first-order valence-corrected chi connectivity index (χ1v) is 6.54. The van der Waals surface area contributed by atoms with E-state index in [2.05, 4.69) is 60.7 Å². The summed E-state index contributed by atoms with van der Waals surface area (Å²) in [5.74, 6) is 0. The van der Waals surface area contributed by atoms with Crippen molar-refractivity contribution in [3.05, 3.63) is 83.4 Å². The Labute approximate surface area is 112 Å². The monoisotopic (exact) mass is 243 g/mol. The van der Waals surface area contributed by atoms with Crippen molar-refractivity contribution in [2.75, 3.05) is 0 Å². The van der Waals surface area contributed by atoms with E-state index >= 15 is 0 Å². The molecule has 0 atom stereocenters. The minimum Gasteiger partial charge on any atom is -0.279 e. The van der Waals surface area contributed by atoms with E-state index in [0.29, 0.717) is 0 Å². The van der Waals surface area contributed by atoms with Crippen LogP contribution in [0.3, 0.4) is 0 Å². The summed E-state index contributed by atoms with van der Waals surface area (Å²) >= 11 is 0. The Morgan fingerprint density at radius 1 is 0.737 bits per heavy atom. The van der Waals surface area contributed by atoms with Crippen molar-refractivity contribution >= 4 is 16.5 Å². The molecular formula is C18H13N. The summed E-state index contributed by atoms with van der Waals surface area (Å²) in [6, 6.07) is 23.4. The van der Waals surface area contributed by atoms with Gasteiger partial charge in [0.15, 0.2) is 0 Å². The second-order valence-corrected chi connectivity index (χ2v) is 4.85. The molecule has 4 rings (SSSR count). The fraction of sp³-hybridized carbons (Fsp3) is 0.0556. The van der Waals surface area contributed by atoms with Gasteiger partial charge in [0.05, 0.1) is 12.3 Å². The topological polar surface area (TPSA) is 12.4 Å². The summed E-state index contributed by atoms with van der Waals surface area (Å²) < 4.78 is 0. The quantitative estimate of drug-likeness (QED) is 0.607. The highest BCUT2D eigenvalue weighted by molar-refractivity contribution is 6.20. The number of aliphatic imine (C=N–C) groups is 1. The Morgan fingerprint density at radius 2 is 1.53 bits per heavy atom. The van der Waals surface area contributed by atoms with Gasteiger partial charge in [0, 0.05) is 11.1 Å². The van der Waals surface area contributed by atoms with Crippen molar-refractivity contribution in [1.82, 2.24) is 0 Å². The molecular weight excluding hydrogens is 230 g/mol. The number of rotatable bonds is 1. The van der Waals surface area contributed by atoms with Crippen molar-refractivity contribution in [1.29, 1.82) is 0 Å². The molecule has 1 heterocycles. The van der Waals surface area contributed by atoms with Crippen molar-refractivity contribution in [2.24, 2.45) is 4.99 Å². The lowest BCUT2D eigenvalue weighted by molar-refractivity contribution is 1.07. The van der Waals surface area contributed by atoms with Crippen LogP contribution in [0.1, 0.15) is 16.7 Å². The third-order valence-electron chi connectivity index (χ3n) is 3.70. The maximum Gasteiger partial charge on any atom is 0.0729 e. The van der Waals surface area contributed by atoms with Gasteiger partial charge in [-0.05, 0) is 16.3 Å². The van der Waals surface area contributed by atoms with E-state index in [-0.39, 0.29) is 0 Å². The van der Waals surface area contributed by atoms with Gasteiger partial charge in [0.25, 0.3) is 0 Å². The first kappa shape index (κ1) is 10.5. The van der Waals surface area contributed by atoms with Crippen LogP contribution < -0.4 is 0 Å². The molecule has 1 nitrogen and oxygen atoms in total. The van der Waals surface area contributed by atoms with Crippen LogP contribution in [0.5, 0.6) is 0 Å². The fourth-order valence-electron chi connectivity index (χ4n) is 2.84. The molecule has 0 aliphatic carbocycles. The van der Waals surface area contributed by atoms with E-state index in [1.165, 1.54) is 27.5 Å². The zero-order valence-electron chi connectivity index (χ0n) is 10.5. The van der Waals surface area contributed by atoms with Crippen LogP contribution in [0.15, 0.2) is 71.7 Å². The van der Waals surface area contributed by atoms with Gasteiger partial charge in [0.1, 0.15) is 0 Å². The van der Waals surface area contributed by atoms with Gasteiger partial charge >= 0.3 is 0 Å². The lowest BCUT2D eigenvalue weighted by Gasteiger charge is -2.18. The summed E-state index contributed by atoms with van der Waals surface area (Å²) in [4.78, 5) is 4.78. The predicted octanol–water partition coefficient (Wildman–Crippen LogP) is 4.19. The molecule has 0 bridgehead atoms. The smallest absolute Gasteiger partial charge is 0.0729 e. The van der Waals surface area contributed by atoms with Gasteiger partial charge in [-0.3, -0.25) is 4.99 Å². The van der Waals surface area contributed by atoms with E-state index in [1.807, 2.05) is 6.07 Å². The third kappa shape index (κ3) is 1.59. The highest BCUT2D eigenvalue weighted by Crippen LogP contribution is 2.29. The fourth-order valence-corrected chi connectivity index (χ4v) is 2.84. The zero-order valence-corrected chi connectivity index (χ0v) is 10.5. The number of hydrogen-bond acceptors (Lipinski definition) is 1. The Morgan fingerprint density at radius 3 is 2.37 bits per heavy atom. The maximum absolute atomic E-state index is 4.78. The molecule has 1 aliphatic rings. The largest absolute Gasteiger partial charge is 0.279 e. The Kier molecular flexibility index (Phi) is 2.25. The lowest BCUT2D eigenvalue weighted by Crippen LogP contribution is -2.09. The molecule has 0 aromatic heterocycles. The van der Waals surface area contributed by atoms with Gasteiger partial charge in [-0.2, -0.15) is 0 Å². The van der Waals surface area contributed by atoms with Crippen LogP contribution in [0.4, 0.5) is 0 Å². The number of benzene rings is 3. The predicted molar refractivity (Wildman–Crippen MR) is 79.7 cm³/mol. The van der Waals surface area contributed by atoms with Crippen molar-refractivity contribution in [3.63, 3.8) is 0 Å². The minimum absolute atomic E-state index is 0.776. The van der Waals surface area contributed by atoms with E-state index in [4.69, 9.17) is 4.99 Å². The van der Waals surface area contributed by atoms with Crippen molar-refractivity contribution in [2.45, 2.75) is 6.54 Å². The van der Waals surface area contributed by atoms with Gasteiger partial charge in [-0.25, -0.2) is 0 Å². The van der Waals surface area contributed by atoms with Crippen molar-refractivity contribution < 1.29 is 0 Å². The summed E-state index contributed by atoms with van der Waals surface area (Å²) in [6.07, 6.45) is 0. The molecule has 0 N–H and O–H groups in total. The van der Waals surface area contributed by atoms with Gasteiger partial charge in [-0.15, -0.1) is 0 Å². The molecule has 0 spiro atoms. The average molecular weight is 243 g/mol. The second kappa shape index (κ2) is 4.06. The minimum atomic E-state index is 0.776. The van der Waals surface area contributed by atoms with Crippen LogP contribution in [0, 0.1) is 0 Å². The van der Waals surface area contributed by atoms with Crippen molar-refractivity contribution in [3.8, 4) is 0 Å². The molecule has 1 aliphatic heterocycles. The molecule has 0 unspecified atom stereocenters. The summed E-state index contributed by atoms with van der Waals surface area (Å²) in [5.41, 5.74) is 4.90. The molecule has 1 heteroatoms. The standard InChI is InChI=1S/C18H13N/c1-2-6-14(7-3-1)18-16-11-5-9-13-8-4-10-15(12-19-18)17(13)16/h1-11H,12H2. The highest BCUT2D eigenvalue weighted by Gasteiger charge is 2.16. The molecule has 0 saturated heterocycles. The Balaban J connectivity index is 2.02. The molecule has 90 valence electrons. The molecule has 3 aromatic carbocycles. The van der Waals surface area contributed by atoms with E-state index in [0.717, 1.165) is 12.3 Å². The van der Waals surface area contributed by atoms with Crippen LogP contribution in [0.2, 0.25) is 0 Å². The van der Waals surface area contributed by atoms with Crippen LogP contribution in [-0.2, 0) is 6.54 Å². The third-order valence-corrected chi connectivity index (χ3v) is 3.70. The van der Waals surface area contributed by atoms with Gasteiger partial charge < -0.3 is 0 Å². The van der Waals surface area contributed by atoms with Crippen LogP contribution in [0.25, 0.3) is 10.8 Å². The Hall–Kier alpha value is -2.41. The molecule has 0 fully saturated rings. The van der Waals surface area contributed by atoms with E-state index in [9.17, 15) is 0 Å². The first-order valence-electron chi connectivity index (χ1n) is 6.54. The SMILES string of the molecule is c1ccc(C2=NCc3cccc4cccc2c34)cc1. The highest BCUT2D eigenvalue weighted by atomic mass is 14.7. The first-order chi connectivity index (χ1) is 9.43. The average Bonchev–Trinajstić information content (AvgIpc) is 2.49. The molecule has 0 radical (unpaired) electrons.